The van der Waals surface area contributed by atoms with E-state index in [9.17, 15) is 0 Å². The summed E-state index contributed by atoms with van der Waals surface area (Å²) in [5.41, 5.74) is 27.3. The van der Waals surface area contributed by atoms with Crippen LogP contribution in [0.25, 0.3) is 221 Å². The number of hydrogen-bond acceptors (Lipinski definition) is 6. The van der Waals surface area contributed by atoms with Crippen LogP contribution in [0.1, 0.15) is 49.9 Å². The molecule has 0 unspecified atom stereocenters. The van der Waals surface area contributed by atoms with E-state index in [4.69, 9.17) is 28.8 Å². The first-order valence-corrected chi connectivity index (χ1v) is 37.9. The van der Waals surface area contributed by atoms with Crippen LogP contribution in [-0.2, 0) is 10.8 Å². The molecular weight excluding hydrogens is 1340 g/mol. The van der Waals surface area contributed by atoms with Gasteiger partial charge in [0.15, 0.2) is 5.58 Å². The maximum absolute atomic E-state index is 7.19. The van der Waals surface area contributed by atoms with Crippen LogP contribution in [-0.4, -0.2) is 29.1 Å². The molecule has 0 saturated carbocycles. The predicted molar refractivity (Wildman–Crippen MR) is 453 cm³/mol. The molecule has 0 N–H and O–H groups in total. The highest BCUT2D eigenvalue weighted by Crippen LogP contribution is 2.54. The Hall–Kier alpha value is -14.1. The van der Waals surface area contributed by atoms with E-state index in [0.717, 1.165) is 111 Å². The first-order chi connectivity index (χ1) is 54.0. The van der Waals surface area contributed by atoms with Crippen molar-refractivity contribution in [1.82, 2.24) is 29.1 Å². The molecular formula is C102H64N6O2. The van der Waals surface area contributed by atoms with Crippen LogP contribution in [0.4, 0.5) is 0 Å². The van der Waals surface area contributed by atoms with E-state index in [1.165, 1.54) is 109 Å². The van der Waals surface area contributed by atoms with Gasteiger partial charge < -0.3 is 8.83 Å². The van der Waals surface area contributed by atoms with Crippen molar-refractivity contribution in [3.05, 3.63) is 338 Å². The second kappa shape index (κ2) is 22.3. The molecule has 0 radical (unpaired) electrons. The lowest BCUT2D eigenvalue weighted by Crippen LogP contribution is -2.15. The Balaban J connectivity index is 0.617. The molecule has 0 amide bonds. The molecule has 8 heteroatoms. The molecule has 22 aromatic rings. The lowest BCUT2D eigenvalue weighted by atomic mass is 9.81. The van der Waals surface area contributed by atoms with Crippen molar-refractivity contribution in [2.75, 3.05) is 0 Å². The summed E-state index contributed by atoms with van der Waals surface area (Å²) in [6.07, 6.45) is 0. The van der Waals surface area contributed by atoms with Gasteiger partial charge >= 0.3 is 0 Å². The van der Waals surface area contributed by atoms with Crippen molar-refractivity contribution in [3.8, 4) is 90.0 Å². The highest BCUT2D eigenvalue weighted by molar-refractivity contribution is 6.30. The van der Waals surface area contributed by atoms with E-state index in [1.807, 2.05) is 0 Å². The Bertz CT molecular complexity index is 7660. The fraction of sp³-hybridized carbons (Fsp3) is 0.0588. The number of fused-ring (bicyclic) bond motifs is 26. The van der Waals surface area contributed by atoms with E-state index in [-0.39, 0.29) is 10.8 Å². The SMILES string of the molecule is CC1(C)c2ccccc2-c2ccc(-c3nc(-n4c5ccc6ccccc6c5c5c6ccccc6ccc54)nc4c3oc3cc(-c5ccc(-c6ccc7c(c6)-c6ccc(-c8nc(-n9c%10ccc%11ccccc%11c%10c%10c%11ccccc%11ccc%109)nc9oc%10cc(-c%11ccccc%11)ccc%10c89)cc6C7(C)C)cc5)ccc34)cc21. The molecule has 8 nitrogen and oxygen atoms in total. The number of benzene rings is 16. The normalized spacial score (nSPS) is 13.6. The molecule has 0 saturated heterocycles. The number of nitrogens with zero attached hydrogens (tertiary/aromatic N) is 6. The van der Waals surface area contributed by atoms with Gasteiger partial charge in [0.25, 0.3) is 0 Å². The van der Waals surface area contributed by atoms with E-state index in [1.54, 1.807) is 0 Å². The number of hydrogen-bond donors (Lipinski definition) is 0. The number of rotatable bonds is 7. The number of aromatic nitrogens is 6. The third kappa shape index (κ3) is 8.55. The fourth-order valence-electron chi connectivity index (χ4n) is 19.2. The molecule has 6 heterocycles. The lowest BCUT2D eigenvalue weighted by Gasteiger charge is -2.22. The van der Waals surface area contributed by atoms with Gasteiger partial charge in [0, 0.05) is 54.3 Å². The largest absolute Gasteiger partial charge is 0.452 e. The smallest absolute Gasteiger partial charge is 0.238 e. The van der Waals surface area contributed by atoms with Crippen molar-refractivity contribution in [3.63, 3.8) is 0 Å². The molecule has 514 valence electrons. The van der Waals surface area contributed by atoms with Crippen molar-refractivity contribution in [1.29, 1.82) is 0 Å². The Morgan fingerprint density at radius 2 is 0.655 bits per heavy atom. The van der Waals surface area contributed by atoms with Gasteiger partial charge in [-0.2, -0.15) is 4.98 Å². The second-order valence-electron chi connectivity index (χ2n) is 31.1. The van der Waals surface area contributed by atoms with Crippen LogP contribution in [0.5, 0.6) is 0 Å². The van der Waals surface area contributed by atoms with Crippen LogP contribution in [0.3, 0.4) is 0 Å². The van der Waals surface area contributed by atoms with Gasteiger partial charge in [-0.3, -0.25) is 9.13 Å². The summed E-state index contributed by atoms with van der Waals surface area (Å²) in [6, 6.07) is 115. The quantitative estimate of drug-likeness (QED) is 0.158. The summed E-state index contributed by atoms with van der Waals surface area (Å²) >= 11 is 0. The summed E-state index contributed by atoms with van der Waals surface area (Å²) in [5.74, 6) is 1.14. The maximum atomic E-state index is 7.19. The summed E-state index contributed by atoms with van der Waals surface area (Å²) in [5, 5.41) is 17.0. The molecule has 0 spiro atoms. The average Bonchev–Trinajstić information content (AvgIpc) is 1.53. The van der Waals surface area contributed by atoms with Crippen LogP contribution in [0.15, 0.2) is 324 Å². The van der Waals surface area contributed by atoms with Crippen molar-refractivity contribution in [2.24, 2.45) is 0 Å². The third-order valence-electron chi connectivity index (χ3n) is 24.6. The Morgan fingerprint density at radius 3 is 1.21 bits per heavy atom. The minimum atomic E-state index is -0.334. The van der Waals surface area contributed by atoms with E-state index < -0.39 is 0 Å². The van der Waals surface area contributed by atoms with Gasteiger partial charge in [0.05, 0.1) is 33.1 Å². The molecule has 16 aromatic carbocycles. The lowest BCUT2D eigenvalue weighted by molar-refractivity contribution is 0.651. The Kier molecular flexibility index (Phi) is 12.4. The minimum absolute atomic E-state index is 0.226. The molecule has 2 aliphatic carbocycles. The molecule has 2 aliphatic rings. The fourth-order valence-corrected chi connectivity index (χ4v) is 19.2. The van der Waals surface area contributed by atoms with E-state index in [2.05, 4.69) is 352 Å². The van der Waals surface area contributed by atoms with Crippen LogP contribution >= 0.6 is 0 Å². The van der Waals surface area contributed by atoms with Crippen molar-refractivity contribution >= 4 is 131 Å². The Morgan fingerprint density at radius 1 is 0.255 bits per heavy atom. The second-order valence-corrected chi connectivity index (χ2v) is 31.1. The Labute approximate surface area is 631 Å². The first kappa shape index (κ1) is 61.1. The van der Waals surface area contributed by atoms with Crippen molar-refractivity contribution in [2.45, 2.75) is 38.5 Å². The zero-order valence-electron chi connectivity index (χ0n) is 60.5. The first-order valence-electron chi connectivity index (χ1n) is 37.9. The summed E-state index contributed by atoms with van der Waals surface area (Å²) < 4.78 is 18.7. The van der Waals surface area contributed by atoms with Crippen LogP contribution < -0.4 is 0 Å². The van der Waals surface area contributed by atoms with Gasteiger partial charge in [-0.1, -0.05) is 276 Å². The van der Waals surface area contributed by atoms with E-state index in [0.29, 0.717) is 23.2 Å². The highest BCUT2D eigenvalue weighted by atomic mass is 16.3. The molecule has 0 atom stereocenters. The molecule has 0 aliphatic heterocycles. The topological polar surface area (TPSA) is 87.7 Å². The average molecular weight is 1410 g/mol. The van der Waals surface area contributed by atoms with Crippen LogP contribution in [0.2, 0.25) is 0 Å². The van der Waals surface area contributed by atoms with Gasteiger partial charge in [-0.15, -0.1) is 0 Å². The zero-order chi connectivity index (χ0) is 72.6. The molecule has 0 bridgehead atoms. The molecule has 0 fully saturated rings. The van der Waals surface area contributed by atoms with Gasteiger partial charge in [-0.25, -0.2) is 15.0 Å². The molecule has 24 rings (SSSR count). The maximum Gasteiger partial charge on any atom is 0.238 e. The minimum Gasteiger partial charge on any atom is -0.452 e. The number of furan rings is 2. The molecule has 6 aromatic heterocycles. The predicted octanol–water partition coefficient (Wildman–Crippen LogP) is 26.8. The third-order valence-corrected chi connectivity index (χ3v) is 24.6. The zero-order valence-corrected chi connectivity index (χ0v) is 60.5. The monoisotopic (exact) mass is 1400 g/mol. The highest BCUT2D eigenvalue weighted by Gasteiger charge is 2.38. The van der Waals surface area contributed by atoms with Gasteiger partial charge in [0.1, 0.15) is 22.4 Å². The van der Waals surface area contributed by atoms with Crippen molar-refractivity contribution < 1.29 is 8.83 Å². The standard InChI is InChI=1S/C102H64N6O2/c1-101(2)79-29-17-16-28-73(79)74-43-37-68(54-81(74)101)95-97-96(105-99(104-95)107-83-48-39-60-20-8-12-24-69(60)89(83)90-70-25-13-9-21-61(70)40-49-84(90)107)77-46-35-66(56-88(77)109-97)59-32-30-58(31-33-59)64-38-47-80-78(52-64)75-44-36-67(53-82(75)102(80,3)4)94-93-76-45-34-65(57-18-6-5-7-19-57)55-87(76)110-98(93)106-100(103-94)108-85-50-41-62-22-10-14-26-71(62)91(85)92-72-27-15-11-23-63(72)42-51-86(92)108/h5-56H,1-4H3. The summed E-state index contributed by atoms with van der Waals surface area (Å²) in [4.78, 5) is 22.5. The van der Waals surface area contributed by atoms with Gasteiger partial charge in [0.2, 0.25) is 17.6 Å². The van der Waals surface area contributed by atoms with Crippen LogP contribution in [0, 0.1) is 0 Å². The summed E-state index contributed by atoms with van der Waals surface area (Å²) in [7, 11) is 0. The van der Waals surface area contributed by atoms with Gasteiger partial charge in [-0.05, 0) is 188 Å². The molecule has 110 heavy (non-hydrogen) atoms. The van der Waals surface area contributed by atoms with E-state index >= 15 is 0 Å². The summed E-state index contributed by atoms with van der Waals surface area (Å²) in [6.45, 7) is 9.38.